The van der Waals surface area contributed by atoms with E-state index in [9.17, 15) is 8.42 Å². The second kappa shape index (κ2) is 5.90. The molecule has 0 radical (unpaired) electrons. The lowest BCUT2D eigenvalue weighted by Crippen LogP contribution is -2.39. The van der Waals surface area contributed by atoms with E-state index in [-0.39, 0.29) is 6.10 Å². The first kappa shape index (κ1) is 14.9. The molecule has 1 aromatic rings. The van der Waals surface area contributed by atoms with Gasteiger partial charge in [0.1, 0.15) is 6.10 Å². The van der Waals surface area contributed by atoms with Gasteiger partial charge in [-0.1, -0.05) is 0 Å². The lowest BCUT2D eigenvalue weighted by molar-refractivity contribution is 0.202. The fourth-order valence-electron chi connectivity index (χ4n) is 1.89. The van der Waals surface area contributed by atoms with Crippen molar-refractivity contribution in [2.24, 2.45) is 0 Å². The summed E-state index contributed by atoms with van der Waals surface area (Å²) in [6.07, 6.45) is 3.34. The van der Waals surface area contributed by atoms with Crippen LogP contribution in [0.25, 0.3) is 0 Å². The van der Waals surface area contributed by atoms with Crippen LogP contribution in [0.5, 0.6) is 11.8 Å². The Bertz CT molecular complexity index is 563. The molecule has 8 nitrogen and oxygen atoms in total. The van der Waals surface area contributed by atoms with Crippen LogP contribution in [-0.2, 0) is 10.2 Å². The van der Waals surface area contributed by atoms with Crippen molar-refractivity contribution in [3.8, 4) is 11.8 Å². The van der Waals surface area contributed by atoms with Gasteiger partial charge in [-0.05, 0) is 6.42 Å². The molecule has 1 atom stereocenters. The van der Waals surface area contributed by atoms with Crippen LogP contribution < -0.4 is 9.47 Å². The number of aromatic nitrogens is 2. The minimum atomic E-state index is -3.39. The maximum atomic E-state index is 12.0. The summed E-state index contributed by atoms with van der Waals surface area (Å²) in [7, 11) is 1.13. The third kappa shape index (κ3) is 3.17. The molecule has 2 rings (SSSR count). The Morgan fingerprint density at radius 3 is 2.70 bits per heavy atom. The third-order valence-corrected chi connectivity index (χ3v) is 4.89. The predicted octanol–water partition coefficient (Wildman–Crippen LogP) is -0.255. The minimum Gasteiger partial charge on any atom is -0.480 e. The first-order chi connectivity index (χ1) is 9.43. The Morgan fingerprint density at radius 2 is 2.05 bits per heavy atom. The Labute approximate surface area is 118 Å². The molecule has 112 valence electrons. The first-order valence-corrected chi connectivity index (χ1v) is 7.53. The fraction of sp³-hybridized carbons (Fsp3) is 0.636. The van der Waals surface area contributed by atoms with Crippen LogP contribution in [0.4, 0.5) is 0 Å². The Kier molecular flexibility index (Phi) is 4.41. The summed E-state index contributed by atoms with van der Waals surface area (Å²) < 4.78 is 37.2. The quantitative estimate of drug-likeness (QED) is 0.745. The van der Waals surface area contributed by atoms with E-state index in [1.807, 2.05) is 0 Å². The van der Waals surface area contributed by atoms with Gasteiger partial charge in [0.2, 0.25) is 11.8 Å². The van der Waals surface area contributed by atoms with E-state index >= 15 is 0 Å². The molecule has 1 aliphatic rings. The molecular weight excluding hydrogens is 284 g/mol. The number of nitrogens with zero attached hydrogens (tertiary/aromatic N) is 4. The lowest BCUT2D eigenvalue weighted by Gasteiger charge is -2.20. The van der Waals surface area contributed by atoms with Crippen molar-refractivity contribution in [1.29, 1.82) is 0 Å². The molecular formula is C11H18N4O4S. The summed E-state index contributed by atoms with van der Waals surface area (Å²) in [5.41, 5.74) is 0. The highest BCUT2D eigenvalue weighted by molar-refractivity contribution is 7.86. The van der Waals surface area contributed by atoms with Gasteiger partial charge in [-0.25, -0.2) is 0 Å². The Hall–Kier alpha value is -1.45. The van der Waals surface area contributed by atoms with Gasteiger partial charge in [-0.2, -0.15) is 22.0 Å². The summed E-state index contributed by atoms with van der Waals surface area (Å²) in [4.78, 5) is 8.03. The molecule has 1 aromatic heterocycles. The standard InChI is InChI=1S/C11H18N4O4S/c1-14(2)20(16,17)15-5-4-9(8-15)19-11-7-12-6-10(13-11)18-3/h6-7,9H,4-5,8H2,1-3H3. The maximum absolute atomic E-state index is 12.0. The second-order valence-corrected chi connectivity index (χ2v) is 6.72. The topological polar surface area (TPSA) is 84.9 Å². The van der Waals surface area contributed by atoms with Crippen molar-refractivity contribution in [3.05, 3.63) is 12.4 Å². The molecule has 0 amide bonds. The number of methoxy groups -OCH3 is 1. The molecule has 1 unspecified atom stereocenters. The van der Waals surface area contributed by atoms with Crippen LogP contribution in [0.15, 0.2) is 12.4 Å². The Balaban J connectivity index is 2.00. The summed E-state index contributed by atoms with van der Waals surface area (Å²) in [6.45, 7) is 0.738. The highest BCUT2D eigenvalue weighted by Gasteiger charge is 2.34. The van der Waals surface area contributed by atoms with Gasteiger partial charge in [0.05, 0.1) is 26.0 Å². The highest BCUT2D eigenvalue weighted by atomic mass is 32.2. The van der Waals surface area contributed by atoms with Crippen molar-refractivity contribution in [3.63, 3.8) is 0 Å². The Morgan fingerprint density at radius 1 is 1.35 bits per heavy atom. The van der Waals surface area contributed by atoms with E-state index in [4.69, 9.17) is 9.47 Å². The number of hydrogen-bond donors (Lipinski definition) is 0. The van der Waals surface area contributed by atoms with Crippen LogP contribution >= 0.6 is 0 Å². The fourth-order valence-corrected chi connectivity index (χ4v) is 3.04. The summed E-state index contributed by atoms with van der Waals surface area (Å²) in [5.74, 6) is 0.691. The van der Waals surface area contributed by atoms with E-state index in [1.54, 1.807) is 0 Å². The van der Waals surface area contributed by atoms with Crippen LogP contribution in [0.3, 0.4) is 0 Å². The molecule has 0 spiro atoms. The summed E-state index contributed by atoms with van der Waals surface area (Å²) in [5, 5.41) is 0. The molecule has 1 aliphatic heterocycles. The van der Waals surface area contributed by atoms with Crippen molar-refractivity contribution < 1.29 is 17.9 Å². The molecule has 0 saturated carbocycles. The maximum Gasteiger partial charge on any atom is 0.281 e. The molecule has 1 fully saturated rings. The van der Waals surface area contributed by atoms with E-state index in [1.165, 1.54) is 42.2 Å². The van der Waals surface area contributed by atoms with Crippen LogP contribution in [-0.4, -0.2) is 67.4 Å². The largest absolute Gasteiger partial charge is 0.480 e. The molecule has 20 heavy (non-hydrogen) atoms. The lowest BCUT2D eigenvalue weighted by atomic mass is 10.3. The van der Waals surface area contributed by atoms with Gasteiger partial charge in [0.25, 0.3) is 10.2 Å². The molecule has 0 bridgehead atoms. The molecule has 0 aliphatic carbocycles. The monoisotopic (exact) mass is 302 g/mol. The van der Waals surface area contributed by atoms with E-state index in [0.29, 0.717) is 31.3 Å². The average Bonchev–Trinajstić information content (AvgIpc) is 2.88. The second-order valence-electron chi connectivity index (χ2n) is 4.58. The van der Waals surface area contributed by atoms with Crippen LogP contribution in [0.2, 0.25) is 0 Å². The first-order valence-electron chi connectivity index (χ1n) is 6.14. The predicted molar refractivity (Wildman–Crippen MR) is 71.8 cm³/mol. The van der Waals surface area contributed by atoms with Crippen molar-refractivity contribution in [1.82, 2.24) is 18.6 Å². The number of hydrogen-bond acceptors (Lipinski definition) is 6. The average molecular weight is 302 g/mol. The smallest absolute Gasteiger partial charge is 0.281 e. The normalized spacial score (nSPS) is 20.3. The van der Waals surface area contributed by atoms with Gasteiger partial charge in [0, 0.05) is 20.6 Å². The molecule has 0 N–H and O–H groups in total. The minimum absolute atomic E-state index is 0.230. The zero-order chi connectivity index (χ0) is 14.8. The van der Waals surface area contributed by atoms with Gasteiger partial charge < -0.3 is 9.47 Å². The van der Waals surface area contributed by atoms with Crippen LogP contribution in [0.1, 0.15) is 6.42 Å². The van der Waals surface area contributed by atoms with Gasteiger partial charge in [-0.3, -0.25) is 4.98 Å². The zero-order valence-electron chi connectivity index (χ0n) is 11.7. The van der Waals surface area contributed by atoms with Crippen molar-refractivity contribution in [2.45, 2.75) is 12.5 Å². The third-order valence-electron chi connectivity index (χ3n) is 2.98. The zero-order valence-corrected chi connectivity index (χ0v) is 12.5. The van der Waals surface area contributed by atoms with Crippen molar-refractivity contribution in [2.75, 3.05) is 34.3 Å². The molecule has 0 aromatic carbocycles. The van der Waals surface area contributed by atoms with Gasteiger partial charge >= 0.3 is 0 Å². The van der Waals surface area contributed by atoms with E-state index < -0.39 is 10.2 Å². The molecule has 1 saturated heterocycles. The van der Waals surface area contributed by atoms with E-state index in [2.05, 4.69) is 9.97 Å². The number of rotatable bonds is 5. The SMILES string of the molecule is COc1cncc(OC2CCN(S(=O)(=O)N(C)C)C2)n1. The van der Waals surface area contributed by atoms with E-state index in [0.717, 1.165) is 0 Å². The van der Waals surface area contributed by atoms with Gasteiger partial charge in [0.15, 0.2) is 0 Å². The number of ether oxygens (including phenoxy) is 2. The highest BCUT2D eigenvalue weighted by Crippen LogP contribution is 2.20. The van der Waals surface area contributed by atoms with Crippen molar-refractivity contribution >= 4 is 10.2 Å². The van der Waals surface area contributed by atoms with Gasteiger partial charge in [-0.15, -0.1) is 0 Å². The summed E-state index contributed by atoms with van der Waals surface area (Å²) >= 11 is 0. The summed E-state index contributed by atoms with van der Waals surface area (Å²) in [6, 6.07) is 0. The molecule has 9 heteroatoms. The van der Waals surface area contributed by atoms with Crippen LogP contribution in [0, 0.1) is 0 Å². The molecule has 2 heterocycles.